The Morgan fingerprint density at radius 3 is 2.70 bits per heavy atom. The lowest BCUT2D eigenvalue weighted by atomic mass is 9.98. The number of nitrogens with one attached hydrogen (secondary N) is 1. The van der Waals surface area contributed by atoms with Crippen molar-refractivity contribution in [3.8, 4) is 5.69 Å². The standard InChI is InChI=1S/C19H21ClN4O2S/c1-4-10(2)16(17(21)25)22-18(26)15-9-12-11(3)23-24(19(12)27-15)14-8-6-5-7-13(14)20/h5-10,16H,4H2,1-3H3,(H2,21,25)(H,22,26). The van der Waals surface area contributed by atoms with Gasteiger partial charge in [0.1, 0.15) is 10.9 Å². The lowest BCUT2D eigenvalue weighted by Crippen LogP contribution is -2.48. The molecular weight excluding hydrogens is 384 g/mol. The Balaban J connectivity index is 1.98. The van der Waals surface area contributed by atoms with Crippen LogP contribution in [-0.2, 0) is 4.79 Å². The highest BCUT2D eigenvalue weighted by atomic mass is 35.5. The SMILES string of the molecule is CCC(C)C(NC(=O)c1cc2c(C)nn(-c3ccccc3Cl)c2s1)C(N)=O. The monoisotopic (exact) mass is 404 g/mol. The Hall–Kier alpha value is -2.38. The molecule has 6 nitrogen and oxygen atoms in total. The normalized spacial score (nSPS) is 13.5. The van der Waals surface area contributed by atoms with Crippen LogP contribution in [0.5, 0.6) is 0 Å². The molecule has 0 aliphatic carbocycles. The second-order valence-electron chi connectivity index (χ2n) is 6.52. The molecule has 3 aromatic rings. The van der Waals surface area contributed by atoms with Crippen LogP contribution in [0.1, 0.15) is 35.6 Å². The quantitative estimate of drug-likeness (QED) is 0.656. The lowest BCUT2D eigenvalue weighted by molar-refractivity contribution is -0.120. The van der Waals surface area contributed by atoms with Crippen LogP contribution < -0.4 is 11.1 Å². The summed E-state index contributed by atoms with van der Waals surface area (Å²) in [6.07, 6.45) is 0.737. The van der Waals surface area contributed by atoms with Crippen molar-refractivity contribution >= 4 is 45.0 Å². The fourth-order valence-corrected chi connectivity index (χ4v) is 4.18. The molecule has 2 unspecified atom stereocenters. The number of halogens is 1. The number of carbonyl (C=O) groups is 2. The number of primary amides is 1. The van der Waals surface area contributed by atoms with Gasteiger partial charge in [-0.3, -0.25) is 9.59 Å². The number of thiophene rings is 1. The van der Waals surface area contributed by atoms with E-state index in [4.69, 9.17) is 17.3 Å². The Morgan fingerprint density at radius 2 is 2.07 bits per heavy atom. The number of benzene rings is 1. The minimum absolute atomic E-state index is 0.0406. The summed E-state index contributed by atoms with van der Waals surface area (Å²) < 4.78 is 1.74. The van der Waals surface area contributed by atoms with Gasteiger partial charge in [0.15, 0.2) is 0 Å². The maximum absolute atomic E-state index is 12.7. The average Bonchev–Trinajstić information content (AvgIpc) is 3.20. The van der Waals surface area contributed by atoms with Gasteiger partial charge in [-0.25, -0.2) is 4.68 Å². The van der Waals surface area contributed by atoms with E-state index in [0.717, 1.165) is 28.0 Å². The molecule has 0 radical (unpaired) electrons. The maximum atomic E-state index is 12.7. The number of aryl methyl sites for hydroxylation is 1. The summed E-state index contributed by atoms with van der Waals surface area (Å²) in [5.74, 6) is -0.885. The van der Waals surface area contributed by atoms with E-state index in [-0.39, 0.29) is 11.8 Å². The van der Waals surface area contributed by atoms with Crippen molar-refractivity contribution in [1.29, 1.82) is 0 Å². The molecule has 27 heavy (non-hydrogen) atoms. The van der Waals surface area contributed by atoms with Gasteiger partial charge in [-0.05, 0) is 31.0 Å². The second-order valence-corrected chi connectivity index (χ2v) is 7.95. The molecule has 0 saturated carbocycles. The molecule has 3 rings (SSSR count). The first-order valence-electron chi connectivity index (χ1n) is 8.67. The van der Waals surface area contributed by atoms with Crippen molar-refractivity contribution in [2.45, 2.75) is 33.2 Å². The number of para-hydroxylation sites is 1. The first-order chi connectivity index (χ1) is 12.8. The Kier molecular flexibility index (Phi) is 5.53. The van der Waals surface area contributed by atoms with E-state index in [1.54, 1.807) is 16.8 Å². The van der Waals surface area contributed by atoms with Gasteiger partial charge in [0.2, 0.25) is 5.91 Å². The van der Waals surface area contributed by atoms with E-state index >= 15 is 0 Å². The van der Waals surface area contributed by atoms with Crippen LogP contribution in [0.2, 0.25) is 5.02 Å². The molecule has 2 heterocycles. The maximum Gasteiger partial charge on any atom is 0.262 e. The molecule has 0 fully saturated rings. The third kappa shape index (κ3) is 3.70. The molecule has 1 aromatic carbocycles. The molecule has 0 bridgehead atoms. The van der Waals surface area contributed by atoms with Crippen molar-refractivity contribution in [2.24, 2.45) is 11.7 Å². The van der Waals surface area contributed by atoms with Gasteiger partial charge in [-0.15, -0.1) is 11.3 Å². The van der Waals surface area contributed by atoms with E-state index in [0.29, 0.717) is 9.90 Å². The lowest BCUT2D eigenvalue weighted by Gasteiger charge is -2.20. The van der Waals surface area contributed by atoms with Gasteiger partial charge in [0.25, 0.3) is 5.91 Å². The van der Waals surface area contributed by atoms with E-state index in [9.17, 15) is 9.59 Å². The Morgan fingerprint density at radius 1 is 1.37 bits per heavy atom. The highest BCUT2D eigenvalue weighted by molar-refractivity contribution is 7.20. The van der Waals surface area contributed by atoms with Gasteiger partial charge in [0.05, 0.1) is 21.3 Å². The van der Waals surface area contributed by atoms with Gasteiger partial charge in [0, 0.05) is 5.39 Å². The van der Waals surface area contributed by atoms with Gasteiger partial charge in [-0.1, -0.05) is 44.0 Å². The summed E-state index contributed by atoms with van der Waals surface area (Å²) in [5.41, 5.74) is 7.01. The van der Waals surface area contributed by atoms with Crippen molar-refractivity contribution < 1.29 is 9.59 Å². The summed E-state index contributed by atoms with van der Waals surface area (Å²) in [6, 6.07) is 8.50. The zero-order valence-electron chi connectivity index (χ0n) is 15.3. The molecule has 8 heteroatoms. The van der Waals surface area contributed by atoms with Crippen LogP contribution in [0.4, 0.5) is 0 Å². The van der Waals surface area contributed by atoms with Crippen LogP contribution in [0, 0.1) is 12.8 Å². The number of nitrogens with two attached hydrogens (primary N) is 1. The van der Waals surface area contributed by atoms with Crippen LogP contribution in [0.25, 0.3) is 15.9 Å². The summed E-state index contributed by atoms with van der Waals surface area (Å²) in [6.45, 7) is 5.73. The smallest absolute Gasteiger partial charge is 0.262 e. The number of fused-ring (bicyclic) bond motifs is 1. The minimum atomic E-state index is -0.700. The first-order valence-corrected chi connectivity index (χ1v) is 9.87. The van der Waals surface area contributed by atoms with Crippen LogP contribution in [-0.4, -0.2) is 27.6 Å². The molecule has 0 spiro atoms. The summed E-state index contributed by atoms with van der Waals surface area (Å²) >= 11 is 7.61. The number of hydrogen-bond donors (Lipinski definition) is 2. The number of carbonyl (C=O) groups excluding carboxylic acids is 2. The molecule has 3 N–H and O–H groups in total. The zero-order valence-corrected chi connectivity index (χ0v) is 16.9. The molecule has 2 aromatic heterocycles. The fraction of sp³-hybridized carbons (Fsp3) is 0.316. The van der Waals surface area contributed by atoms with E-state index < -0.39 is 11.9 Å². The number of amides is 2. The van der Waals surface area contributed by atoms with Crippen molar-refractivity contribution in [2.75, 3.05) is 0 Å². The van der Waals surface area contributed by atoms with Crippen molar-refractivity contribution in [1.82, 2.24) is 15.1 Å². The fourth-order valence-electron chi connectivity index (χ4n) is 2.89. The van der Waals surface area contributed by atoms with Crippen LogP contribution >= 0.6 is 22.9 Å². The topological polar surface area (TPSA) is 90.0 Å². The van der Waals surface area contributed by atoms with Gasteiger partial charge < -0.3 is 11.1 Å². The largest absolute Gasteiger partial charge is 0.368 e. The first kappa shape index (κ1) is 19.4. The highest BCUT2D eigenvalue weighted by Crippen LogP contribution is 2.32. The van der Waals surface area contributed by atoms with Crippen LogP contribution in [0.3, 0.4) is 0 Å². The van der Waals surface area contributed by atoms with E-state index in [1.165, 1.54) is 11.3 Å². The van der Waals surface area contributed by atoms with E-state index in [2.05, 4.69) is 10.4 Å². The minimum Gasteiger partial charge on any atom is -0.368 e. The number of rotatable bonds is 6. The molecular formula is C19H21ClN4O2S. The number of aromatic nitrogens is 2. The zero-order chi connectivity index (χ0) is 19.7. The third-order valence-electron chi connectivity index (χ3n) is 4.66. The summed E-state index contributed by atoms with van der Waals surface area (Å²) in [7, 11) is 0. The molecule has 0 aliphatic heterocycles. The third-order valence-corrected chi connectivity index (χ3v) is 6.08. The molecule has 142 valence electrons. The van der Waals surface area contributed by atoms with Crippen molar-refractivity contribution in [3.05, 3.63) is 45.9 Å². The van der Waals surface area contributed by atoms with Crippen LogP contribution in [0.15, 0.2) is 30.3 Å². The Bertz CT molecular complexity index is 1010. The van der Waals surface area contributed by atoms with E-state index in [1.807, 2.05) is 39.0 Å². The summed E-state index contributed by atoms with van der Waals surface area (Å²) in [4.78, 5) is 25.7. The Labute approximate surface area is 166 Å². The molecule has 0 aliphatic rings. The van der Waals surface area contributed by atoms with Crippen molar-refractivity contribution in [3.63, 3.8) is 0 Å². The molecule has 0 saturated heterocycles. The van der Waals surface area contributed by atoms with Gasteiger partial charge in [-0.2, -0.15) is 5.10 Å². The second kappa shape index (κ2) is 7.70. The molecule has 2 amide bonds. The molecule has 2 atom stereocenters. The average molecular weight is 405 g/mol. The summed E-state index contributed by atoms with van der Waals surface area (Å²) in [5, 5.41) is 8.77. The van der Waals surface area contributed by atoms with Gasteiger partial charge >= 0.3 is 0 Å². The number of nitrogens with zero attached hydrogens (tertiary/aromatic N) is 2. The predicted molar refractivity (Wildman–Crippen MR) is 109 cm³/mol. The highest BCUT2D eigenvalue weighted by Gasteiger charge is 2.26. The predicted octanol–water partition coefficient (Wildman–Crippen LogP) is 3.68. The number of hydrogen-bond acceptors (Lipinski definition) is 4.